The number of aliphatic hydroxyl groups excluding tert-OH is 1. The molecule has 2 fully saturated rings. The Hall–Kier alpha value is -4.51. The number of rotatable bonds is 7. The lowest BCUT2D eigenvalue weighted by molar-refractivity contribution is -0.168. The standard InChI is InChI=1S/C32H32N4O6/c1-33(18-21-20-42-27-15-9-8-14-25(27)29(21)37)31(40)36-24-16-17-26(36)28(30(38)39)34(19-24)32(41)35(22-10-4-2-5-11-22)23-12-6-3-7-13-23/h2-15,20,24,26,28,31,40H,16-19H2,1H3,(H,38,39)/t24-,26+,28-,31?/m0/s1. The van der Waals surface area contributed by atoms with Crippen molar-refractivity contribution in [2.75, 3.05) is 18.5 Å². The number of carboxylic acids is 1. The van der Waals surface area contributed by atoms with Gasteiger partial charge in [0, 0.05) is 30.7 Å². The Balaban J connectivity index is 1.27. The van der Waals surface area contributed by atoms with Crippen LogP contribution < -0.4 is 10.3 Å². The Morgan fingerprint density at radius 3 is 2.21 bits per heavy atom. The van der Waals surface area contributed by atoms with Gasteiger partial charge in [0.05, 0.1) is 23.0 Å². The summed E-state index contributed by atoms with van der Waals surface area (Å²) < 4.78 is 5.64. The van der Waals surface area contributed by atoms with Crippen LogP contribution in [0.5, 0.6) is 0 Å². The average molecular weight is 569 g/mol. The van der Waals surface area contributed by atoms with E-state index in [2.05, 4.69) is 0 Å². The predicted octanol–water partition coefficient (Wildman–Crippen LogP) is 4.06. The molecular formula is C32H32N4O6. The van der Waals surface area contributed by atoms with Crippen LogP contribution in [0.2, 0.25) is 0 Å². The van der Waals surface area contributed by atoms with Gasteiger partial charge in [-0.3, -0.25) is 19.5 Å². The first kappa shape index (κ1) is 27.6. The predicted molar refractivity (Wildman–Crippen MR) is 157 cm³/mol. The first-order valence-electron chi connectivity index (χ1n) is 13.9. The Kier molecular flexibility index (Phi) is 7.51. The van der Waals surface area contributed by atoms with E-state index in [0.717, 1.165) is 0 Å². The van der Waals surface area contributed by atoms with Gasteiger partial charge in [-0.05, 0) is 56.3 Å². The van der Waals surface area contributed by atoms with Gasteiger partial charge >= 0.3 is 12.0 Å². The number of amides is 2. The number of carboxylic acid groups (broad SMARTS) is 1. The molecule has 42 heavy (non-hydrogen) atoms. The fourth-order valence-electron chi connectivity index (χ4n) is 6.30. The van der Waals surface area contributed by atoms with Crippen molar-refractivity contribution in [2.24, 2.45) is 0 Å². The molecule has 2 aliphatic heterocycles. The van der Waals surface area contributed by atoms with Crippen LogP contribution in [0, 0.1) is 0 Å². The third kappa shape index (κ3) is 4.94. The van der Waals surface area contributed by atoms with Gasteiger partial charge in [0.1, 0.15) is 11.6 Å². The number of piperazine rings is 1. The highest BCUT2D eigenvalue weighted by atomic mass is 16.4. The van der Waals surface area contributed by atoms with Crippen molar-refractivity contribution < 1.29 is 24.2 Å². The van der Waals surface area contributed by atoms with Gasteiger partial charge in [0.2, 0.25) is 0 Å². The number of aliphatic carboxylic acids is 1. The second-order valence-electron chi connectivity index (χ2n) is 10.8. The summed E-state index contributed by atoms with van der Waals surface area (Å²) in [5.41, 5.74) is 1.94. The van der Waals surface area contributed by atoms with E-state index in [1.165, 1.54) is 16.1 Å². The highest BCUT2D eigenvalue weighted by Gasteiger charge is 2.54. The van der Waals surface area contributed by atoms with E-state index in [-0.39, 0.29) is 24.6 Å². The number of para-hydroxylation sites is 3. The maximum atomic E-state index is 14.2. The number of hydrogen-bond acceptors (Lipinski definition) is 7. The molecule has 10 nitrogen and oxygen atoms in total. The van der Waals surface area contributed by atoms with Crippen molar-refractivity contribution in [3.63, 3.8) is 0 Å². The Bertz CT molecular complexity index is 1610. The van der Waals surface area contributed by atoms with Crippen molar-refractivity contribution in [2.45, 2.75) is 43.9 Å². The first-order chi connectivity index (χ1) is 20.3. The van der Waals surface area contributed by atoms with Crippen LogP contribution in [-0.2, 0) is 11.3 Å². The molecule has 3 heterocycles. The summed E-state index contributed by atoms with van der Waals surface area (Å²) in [6, 6.07) is 22.8. The fourth-order valence-corrected chi connectivity index (χ4v) is 6.30. The van der Waals surface area contributed by atoms with Crippen molar-refractivity contribution in [3.05, 3.63) is 107 Å². The van der Waals surface area contributed by atoms with E-state index in [9.17, 15) is 24.6 Å². The second-order valence-corrected chi connectivity index (χ2v) is 10.8. The van der Waals surface area contributed by atoms with Gasteiger partial charge < -0.3 is 19.5 Å². The van der Waals surface area contributed by atoms with Gasteiger partial charge in [-0.25, -0.2) is 9.59 Å². The minimum atomic E-state index is -1.18. The third-order valence-electron chi connectivity index (χ3n) is 8.26. The van der Waals surface area contributed by atoms with Gasteiger partial charge in [0.25, 0.3) is 0 Å². The largest absolute Gasteiger partial charge is 0.480 e. The minimum Gasteiger partial charge on any atom is -0.480 e. The average Bonchev–Trinajstić information content (AvgIpc) is 3.31. The smallest absolute Gasteiger partial charge is 0.329 e. The molecule has 0 radical (unpaired) electrons. The molecule has 1 unspecified atom stereocenters. The molecular weight excluding hydrogens is 536 g/mol. The number of anilines is 2. The molecule has 0 saturated carbocycles. The van der Waals surface area contributed by atoms with Crippen molar-refractivity contribution in [1.29, 1.82) is 0 Å². The van der Waals surface area contributed by atoms with Crippen molar-refractivity contribution >= 4 is 34.3 Å². The van der Waals surface area contributed by atoms with Crippen LogP contribution in [0.4, 0.5) is 16.2 Å². The molecule has 0 aliphatic carbocycles. The second kappa shape index (κ2) is 11.4. The summed E-state index contributed by atoms with van der Waals surface area (Å²) >= 11 is 0. The molecule has 6 rings (SSSR count). The van der Waals surface area contributed by atoms with E-state index in [1.807, 2.05) is 60.7 Å². The highest BCUT2D eigenvalue weighted by Crippen LogP contribution is 2.38. The van der Waals surface area contributed by atoms with E-state index in [0.29, 0.717) is 40.7 Å². The Morgan fingerprint density at radius 2 is 1.57 bits per heavy atom. The van der Waals surface area contributed by atoms with E-state index in [1.54, 1.807) is 41.1 Å². The fraction of sp³-hybridized carbons (Fsp3) is 0.281. The van der Waals surface area contributed by atoms with Crippen LogP contribution in [0.3, 0.4) is 0 Å². The molecule has 2 bridgehead atoms. The maximum Gasteiger partial charge on any atom is 0.329 e. The molecule has 0 spiro atoms. The van der Waals surface area contributed by atoms with E-state index < -0.39 is 30.4 Å². The van der Waals surface area contributed by atoms with Gasteiger partial charge in [-0.15, -0.1) is 0 Å². The Morgan fingerprint density at radius 1 is 0.952 bits per heavy atom. The lowest BCUT2D eigenvalue weighted by atomic mass is 10.0. The Labute approximate surface area is 242 Å². The molecule has 2 N–H and O–H groups in total. The number of aliphatic hydroxyl groups is 1. The molecule has 3 aromatic carbocycles. The number of carbonyl (C=O) groups excluding carboxylic acids is 1. The van der Waals surface area contributed by atoms with Crippen LogP contribution in [0.25, 0.3) is 11.0 Å². The zero-order valence-electron chi connectivity index (χ0n) is 23.1. The van der Waals surface area contributed by atoms with Gasteiger partial charge in [0.15, 0.2) is 11.8 Å². The number of carbonyl (C=O) groups is 2. The lowest BCUT2D eigenvalue weighted by Crippen LogP contribution is -2.68. The summed E-state index contributed by atoms with van der Waals surface area (Å²) in [7, 11) is 1.68. The van der Waals surface area contributed by atoms with E-state index in [4.69, 9.17) is 4.42 Å². The highest BCUT2D eigenvalue weighted by molar-refractivity contribution is 6.01. The number of likely N-dealkylation sites (tertiary alicyclic amines) is 1. The summed E-state index contributed by atoms with van der Waals surface area (Å²) in [5, 5.41) is 22.4. The monoisotopic (exact) mass is 568 g/mol. The van der Waals surface area contributed by atoms with Crippen molar-refractivity contribution in [3.8, 4) is 0 Å². The van der Waals surface area contributed by atoms with Crippen molar-refractivity contribution in [1.82, 2.24) is 14.7 Å². The molecule has 216 valence electrons. The zero-order valence-corrected chi connectivity index (χ0v) is 23.1. The third-order valence-corrected chi connectivity index (χ3v) is 8.26. The molecule has 2 saturated heterocycles. The molecule has 4 atom stereocenters. The molecule has 2 aliphatic rings. The summed E-state index contributed by atoms with van der Waals surface area (Å²) in [5.74, 6) is -1.13. The molecule has 10 heteroatoms. The number of benzene rings is 3. The van der Waals surface area contributed by atoms with Crippen LogP contribution in [-0.4, -0.2) is 75.0 Å². The molecule has 2 amide bonds. The topological polar surface area (TPSA) is 118 Å². The zero-order chi connectivity index (χ0) is 29.4. The van der Waals surface area contributed by atoms with Gasteiger partial charge in [-0.1, -0.05) is 48.5 Å². The molecule has 1 aromatic heterocycles. The van der Waals surface area contributed by atoms with Crippen LogP contribution >= 0.6 is 0 Å². The summed E-state index contributed by atoms with van der Waals surface area (Å²) in [4.78, 5) is 46.3. The van der Waals surface area contributed by atoms with E-state index >= 15 is 0 Å². The summed E-state index contributed by atoms with van der Waals surface area (Å²) in [6.07, 6.45) is 1.36. The van der Waals surface area contributed by atoms with Crippen LogP contribution in [0.1, 0.15) is 18.4 Å². The van der Waals surface area contributed by atoms with Gasteiger partial charge in [-0.2, -0.15) is 0 Å². The quantitative estimate of drug-likeness (QED) is 0.321. The molecule has 4 aromatic rings. The number of nitrogens with zero attached hydrogens (tertiary/aromatic N) is 4. The number of fused-ring (bicyclic) bond motifs is 3. The first-order valence-corrected chi connectivity index (χ1v) is 13.9. The normalized spacial score (nSPS) is 21.0. The minimum absolute atomic E-state index is 0.0977. The number of urea groups is 1. The maximum absolute atomic E-state index is 14.2. The van der Waals surface area contributed by atoms with Crippen LogP contribution in [0.15, 0.2) is 100 Å². The number of hydrogen-bond donors (Lipinski definition) is 2. The SMILES string of the molecule is CN(Cc1coc2ccccc2c1=O)C(O)N1[C@H]2CC[C@@H]1[C@@H](C(=O)O)N(C(=O)N(c1ccccc1)c1ccccc1)C2. The lowest BCUT2D eigenvalue weighted by Gasteiger charge is -2.49. The summed E-state index contributed by atoms with van der Waals surface area (Å²) in [6.45, 7) is 0.228.